The van der Waals surface area contributed by atoms with Crippen LogP contribution in [0.15, 0.2) is 23.1 Å². The maximum atomic E-state index is 12.3. The zero-order valence-electron chi connectivity index (χ0n) is 13.1. The second-order valence-electron chi connectivity index (χ2n) is 5.63. The van der Waals surface area contributed by atoms with Gasteiger partial charge in [-0.2, -0.15) is 4.72 Å². The molecular formula is C15H21ClN2O4S. The summed E-state index contributed by atoms with van der Waals surface area (Å²) in [6.07, 6.45) is 4.07. The molecule has 0 bridgehead atoms. The van der Waals surface area contributed by atoms with Crippen LogP contribution < -0.4 is 14.8 Å². The Hall–Kier alpha value is -1.31. The molecule has 1 aliphatic rings. The van der Waals surface area contributed by atoms with E-state index in [1.165, 1.54) is 32.2 Å². The summed E-state index contributed by atoms with van der Waals surface area (Å²) < 4.78 is 32.1. The third-order valence-electron chi connectivity index (χ3n) is 3.86. The lowest BCUT2D eigenvalue weighted by Gasteiger charge is -2.18. The van der Waals surface area contributed by atoms with E-state index in [4.69, 9.17) is 16.3 Å². The lowest BCUT2D eigenvalue weighted by Crippen LogP contribution is -2.47. The largest absolute Gasteiger partial charge is 0.495 e. The van der Waals surface area contributed by atoms with E-state index >= 15 is 0 Å². The molecule has 1 aliphatic carbocycles. The fraction of sp³-hybridized carbons (Fsp3) is 0.533. The van der Waals surface area contributed by atoms with Crippen molar-refractivity contribution in [1.82, 2.24) is 10.0 Å². The molecule has 1 amide bonds. The van der Waals surface area contributed by atoms with Crippen LogP contribution in [0.25, 0.3) is 0 Å². The van der Waals surface area contributed by atoms with Gasteiger partial charge in [0.2, 0.25) is 15.9 Å². The molecular weight excluding hydrogens is 340 g/mol. The predicted molar refractivity (Wildman–Crippen MR) is 88.2 cm³/mol. The van der Waals surface area contributed by atoms with Crippen molar-refractivity contribution < 1.29 is 17.9 Å². The number of carbonyl (C=O) groups is 1. The normalized spacial score (nSPS) is 17.0. The number of ether oxygens (including phenoxy) is 1. The molecule has 2 rings (SSSR count). The SMILES string of the molecule is COc1ccc(S(=O)(=O)N[C@H](C)C(=O)NC2CCCC2)cc1Cl. The van der Waals surface area contributed by atoms with Crippen LogP contribution in [-0.4, -0.2) is 33.5 Å². The van der Waals surface area contributed by atoms with Crippen LogP contribution in [0, 0.1) is 0 Å². The second kappa shape index (κ2) is 7.51. The van der Waals surface area contributed by atoms with Crippen LogP contribution in [0.5, 0.6) is 5.75 Å². The standard InChI is InChI=1S/C15H21ClN2O4S/c1-10(15(19)17-11-5-3-4-6-11)18-23(20,21)12-7-8-14(22-2)13(16)9-12/h7-11,18H,3-6H2,1-2H3,(H,17,19)/t10-/m1/s1. The molecule has 0 heterocycles. The summed E-state index contributed by atoms with van der Waals surface area (Å²) in [5, 5.41) is 3.06. The second-order valence-corrected chi connectivity index (χ2v) is 7.75. The Balaban J connectivity index is 2.04. The Morgan fingerprint density at radius 1 is 1.35 bits per heavy atom. The van der Waals surface area contributed by atoms with Gasteiger partial charge in [-0.3, -0.25) is 4.79 Å². The van der Waals surface area contributed by atoms with E-state index in [0.717, 1.165) is 25.7 Å². The highest BCUT2D eigenvalue weighted by Gasteiger charge is 2.25. The third-order valence-corrected chi connectivity index (χ3v) is 5.69. The number of hydrogen-bond acceptors (Lipinski definition) is 4. The summed E-state index contributed by atoms with van der Waals surface area (Å²) in [5.74, 6) is 0.0673. The number of halogens is 1. The van der Waals surface area contributed by atoms with Gasteiger partial charge in [0.05, 0.1) is 23.1 Å². The molecule has 0 unspecified atom stereocenters. The average molecular weight is 361 g/mol. The van der Waals surface area contributed by atoms with Gasteiger partial charge in [0.25, 0.3) is 0 Å². The molecule has 1 aromatic rings. The summed E-state index contributed by atoms with van der Waals surface area (Å²) in [4.78, 5) is 12.1. The molecule has 1 aromatic carbocycles. The molecule has 0 aliphatic heterocycles. The van der Waals surface area contributed by atoms with Crippen LogP contribution in [0.3, 0.4) is 0 Å². The van der Waals surface area contributed by atoms with E-state index in [-0.39, 0.29) is 21.9 Å². The van der Waals surface area contributed by atoms with Crippen molar-refractivity contribution in [3.63, 3.8) is 0 Å². The highest BCUT2D eigenvalue weighted by atomic mass is 35.5. The number of methoxy groups -OCH3 is 1. The number of carbonyl (C=O) groups excluding carboxylic acids is 1. The Morgan fingerprint density at radius 2 is 2.00 bits per heavy atom. The van der Waals surface area contributed by atoms with E-state index in [9.17, 15) is 13.2 Å². The van der Waals surface area contributed by atoms with E-state index in [1.807, 2.05) is 0 Å². The zero-order chi connectivity index (χ0) is 17.0. The molecule has 23 heavy (non-hydrogen) atoms. The van der Waals surface area contributed by atoms with Crippen LogP contribution in [0.1, 0.15) is 32.6 Å². The summed E-state index contributed by atoms with van der Waals surface area (Å²) in [6, 6.07) is 3.44. The summed E-state index contributed by atoms with van der Waals surface area (Å²) >= 11 is 5.95. The average Bonchev–Trinajstić information content (AvgIpc) is 2.99. The van der Waals surface area contributed by atoms with Crippen molar-refractivity contribution in [2.75, 3.05) is 7.11 Å². The van der Waals surface area contributed by atoms with Gasteiger partial charge in [-0.15, -0.1) is 0 Å². The van der Waals surface area contributed by atoms with Gasteiger partial charge >= 0.3 is 0 Å². The van der Waals surface area contributed by atoms with Crippen molar-refractivity contribution >= 4 is 27.5 Å². The number of sulfonamides is 1. The molecule has 0 spiro atoms. The lowest BCUT2D eigenvalue weighted by molar-refractivity contribution is -0.123. The minimum Gasteiger partial charge on any atom is -0.495 e. The van der Waals surface area contributed by atoms with Gasteiger partial charge in [-0.1, -0.05) is 24.4 Å². The molecule has 0 radical (unpaired) electrons. The molecule has 1 saturated carbocycles. The minimum atomic E-state index is -3.84. The maximum Gasteiger partial charge on any atom is 0.241 e. The van der Waals surface area contributed by atoms with Crippen molar-refractivity contribution in [1.29, 1.82) is 0 Å². The van der Waals surface area contributed by atoms with Gasteiger partial charge in [-0.05, 0) is 38.0 Å². The van der Waals surface area contributed by atoms with Gasteiger partial charge in [0.1, 0.15) is 5.75 Å². The van der Waals surface area contributed by atoms with E-state index in [1.54, 1.807) is 0 Å². The quantitative estimate of drug-likeness (QED) is 0.813. The Morgan fingerprint density at radius 3 is 2.57 bits per heavy atom. The Labute approximate surface area is 141 Å². The van der Waals surface area contributed by atoms with Gasteiger partial charge in [0.15, 0.2) is 0 Å². The van der Waals surface area contributed by atoms with E-state index < -0.39 is 16.1 Å². The summed E-state index contributed by atoms with van der Waals surface area (Å²) in [6.45, 7) is 1.52. The van der Waals surface area contributed by atoms with Crippen LogP contribution >= 0.6 is 11.6 Å². The van der Waals surface area contributed by atoms with Crippen molar-refractivity contribution in [3.8, 4) is 5.75 Å². The molecule has 0 aromatic heterocycles. The third kappa shape index (κ3) is 4.59. The molecule has 1 fully saturated rings. The van der Waals surface area contributed by atoms with Crippen LogP contribution in [-0.2, 0) is 14.8 Å². The molecule has 0 saturated heterocycles. The minimum absolute atomic E-state index is 0.0104. The first-order valence-corrected chi connectivity index (χ1v) is 9.36. The summed E-state index contributed by atoms with van der Waals surface area (Å²) in [7, 11) is -2.39. The fourth-order valence-corrected chi connectivity index (χ4v) is 4.12. The van der Waals surface area contributed by atoms with Crippen LogP contribution in [0.2, 0.25) is 5.02 Å². The molecule has 128 valence electrons. The number of benzene rings is 1. The smallest absolute Gasteiger partial charge is 0.241 e. The van der Waals surface area contributed by atoms with Crippen molar-refractivity contribution in [3.05, 3.63) is 23.2 Å². The maximum absolute atomic E-state index is 12.3. The van der Waals surface area contributed by atoms with Gasteiger partial charge < -0.3 is 10.1 Å². The van der Waals surface area contributed by atoms with Gasteiger partial charge in [-0.25, -0.2) is 8.42 Å². The van der Waals surface area contributed by atoms with E-state index in [2.05, 4.69) is 10.0 Å². The first-order chi connectivity index (χ1) is 10.8. The number of rotatable bonds is 6. The fourth-order valence-electron chi connectivity index (χ4n) is 2.56. The molecule has 8 heteroatoms. The zero-order valence-corrected chi connectivity index (χ0v) is 14.7. The lowest BCUT2D eigenvalue weighted by atomic mass is 10.2. The number of amides is 1. The number of hydrogen-bond donors (Lipinski definition) is 2. The van der Waals surface area contributed by atoms with Crippen molar-refractivity contribution in [2.24, 2.45) is 0 Å². The summed E-state index contributed by atoms with van der Waals surface area (Å²) in [5.41, 5.74) is 0. The Bertz CT molecular complexity index is 672. The monoisotopic (exact) mass is 360 g/mol. The molecule has 2 N–H and O–H groups in total. The highest BCUT2D eigenvalue weighted by Crippen LogP contribution is 2.27. The Kier molecular flexibility index (Phi) is 5.89. The van der Waals surface area contributed by atoms with E-state index in [0.29, 0.717) is 5.75 Å². The topological polar surface area (TPSA) is 84.5 Å². The van der Waals surface area contributed by atoms with Gasteiger partial charge in [0, 0.05) is 6.04 Å². The molecule has 1 atom stereocenters. The predicted octanol–water partition coefficient (Wildman–Crippen LogP) is 2.07. The first-order valence-electron chi connectivity index (χ1n) is 7.49. The van der Waals surface area contributed by atoms with Crippen molar-refractivity contribution in [2.45, 2.75) is 49.6 Å². The highest BCUT2D eigenvalue weighted by molar-refractivity contribution is 7.89. The number of nitrogens with one attached hydrogen (secondary N) is 2. The first kappa shape index (κ1) is 18.0. The van der Waals surface area contributed by atoms with Crippen LogP contribution in [0.4, 0.5) is 0 Å². The molecule has 6 nitrogen and oxygen atoms in total.